The molecular formula is C40H53N5O5. The predicted molar refractivity (Wildman–Crippen MR) is 198 cm³/mol. The van der Waals surface area contributed by atoms with Crippen molar-refractivity contribution in [3.63, 3.8) is 0 Å². The molecule has 2 saturated heterocycles. The van der Waals surface area contributed by atoms with Gasteiger partial charge in [-0.15, -0.1) is 0 Å². The lowest BCUT2D eigenvalue weighted by Crippen LogP contribution is -2.39. The molecule has 1 aromatic heterocycles. The van der Waals surface area contributed by atoms with Crippen molar-refractivity contribution >= 4 is 22.9 Å². The number of amides is 1. The molecule has 1 atom stereocenters. The van der Waals surface area contributed by atoms with E-state index in [0.717, 1.165) is 75.5 Å². The van der Waals surface area contributed by atoms with Gasteiger partial charge in [-0.05, 0) is 94.1 Å². The maximum Gasteiger partial charge on any atom is 0.254 e. The van der Waals surface area contributed by atoms with Crippen molar-refractivity contribution in [1.82, 2.24) is 19.4 Å². The summed E-state index contributed by atoms with van der Waals surface area (Å²) in [5.41, 5.74) is 6.47. The third-order valence-corrected chi connectivity index (χ3v) is 10.7. The molecule has 10 nitrogen and oxygen atoms in total. The highest BCUT2D eigenvalue weighted by atomic mass is 16.5. The maximum absolute atomic E-state index is 14.1. The maximum atomic E-state index is 14.1. The Labute approximate surface area is 296 Å². The predicted octanol–water partition coefficient (Wildman–Crippen LogP) is 6.10. The van der Waals surface area contributed by atoms with E-state index < -0.39 is 0 Å². The molecule has 3 aromatic carbocycles. The smallest absolute Gasteiger partial charge is 0.254 e. The zero-order chi connectivity index (χ0) is 35.3. The molecule has 50 heavy (non-hydrogen) atoms. The number of anilines is 1. The summed E-state index contributed by atoms with van der Waals surface area (Å²) in [5, 5.41) is 0. The van der Waals surface area contributed by atoms with Crippen LogP contribution in [0.4, 0.5) is 5.95 Å². The van der Waals surface area contributed by atoms with Crippen LogP contribution in [0.3, 0.4) is 0 Å². The number of carbonyl (C=O) groups excluding carboxylic acids is 1. The fourth-order valence-corrected chi connectivity index (χ4v) is 7.68. The highest BCUT2D eigenvalue weighted by molar-refractivity contribution is 5.96. The first-order valence-corrected chi connectivity index (χ1v) is 18.0. The minimum absolute atomic E-state index is 0.0207. The van der Waals surface area contributed by atoms with Gasteiger partial charge in [-0.1, -0.05) is 30.3 Å². The number of carbonyl (C=O) groups is 1. The summed E-state index contributed by atoms with van der Waals surface area (Å²) >= 11 is 0. The van der Waals surface area contributed by atoms with E-state index in [-0.39, 0.29) is 11.3 Å². The molecule has 0 saturated carbocycles. The lowest BCUT2D eigenvalue weighted by atomic mass is 9.76. The monoisotopic (exact) mass is 683 g/mol. The summed E-state index contributed by atoms with van der Waals surface area (Å²) in [6, 6.07) is 18.8. The van der Waals surface area contributed by atoms with Crippen molar-refractivity contribution in [2.75, 3.05) is 85.3 Å². The Balaban J connectivity index is 1.19. The molecule has 2 aliphatic heterocycles. The molecule has 6 rings (SSSR count). The molecule has 0 bridgehead atoms. The molecule has 0 aliphatic carbocycles. The highest BCUT2D eigenvalue weighted by Crippen LogP contribution is 2.42. The van der Waals surface area contributed by atoms with Crippen molar-refractivity contribution in [3.05, 3.63) is 76.9 Å². The molecule has 268 valence electrons. The summed E-state index contributed by atoms with van der Waals surface area (Å²) in [6.45, 7) is 14.7. The number of benzene rings is 3. The topological polar surface area (TPSA) is 81.5 Å². The molecule has 0 radical (unpaired) electrons. The largest absolute Gasteiger partial charge is 0.493 e. The highest BCUT2D eigenvalue weighted by Gasteiger charge is 2.42. The molecule has 3 heterocycles. The van der Waals surface area contributed by atoms with Crippen LogP contribution in [0, 0.1) is 13.8 Å². The zero-order valence-corrected chi connectivity index (χ0v) is 30.7. The summed E-state index contributed by atoms with van der Waals surface area (Å²) < 4.78 is 24.7. The molecule has 0 spiro atoms. The molecule has 0 N–H and O–H groups in total. The van der Waals surface area contributed by atoms with E-state index in [2.05, 4.69) is 70.7 Å². The quantitative estimate of drug-likeness (QED) is 0.157. The van der Waals surface area contributed by atoms with Gasteiger partial charge in [-0.25, -0.2) is 4.98 Å². The Morgan fingerprint density at radius 2 is 1.64 bits per heavy atom. The van der Waals surface area contributed by atoms with Crippen molar-refractivity contribution in [3.8, 4) is 17.2 Å². The van der Waals surface area contributed by atoms with Gasteiger partial charge in [0, 0.05) is 56.9 Å². The van der Waals surface area contributed by atoms with E-state index in [0.29, 0.717) is 49.1 Å². The number of rotatable bonds is 13. The SMILES string of the molecule is CCOCCn1c(N2CCCN(CCC3(c4ccc(C)c(C)c4)CCN(C(=O)c4cc(OC)c(OC)c(OC)c4)C3)CC2)nc2ccccc21. The molecule has 10 heteroatoms. The van der Waals surface area contributed by atoms with Crippen molar-refractivity contribution in [1.29, 1.82) is 0 Å². The third kappa shape index (κ3) is 7.28. The van der Waals surface area contributed by atoms with Gasteiger partial charge in [0.15, 0.2) is 11.5 Å². The van der Waals surface area contributed by atoms with Gasteiger partial charge in [-0.2, -0.15) is 0 Å². The first-order valence-electron chi connectivity index (χ1n) is 18.0. The normalized spacial score (nSPS) is 18.4. The van der Waals surface area contributed by atoms with Gasteiger partial charge in [-0.3, -0.25) is 4.79 Å². The Kier molecular flexibility index (Phi) is 11.2. The van der Waals surface area contributed by atoms with Crippen LogP contribution in [0.25, 0.3) is 11.0 Å². The second-order valence-electron chi connectivity index (χ2n) is 13.7. The average molecular weight is 684 g/mol. The van der Waals surface area contributed by atoms with Gasteiger partial charge in [0.25, 0.3) is 5.91 Å². The van der Waals surface area contributed by atoms with Crippen LogP contribution in [0.1, 0.15) is 53.2 Å². The number of aromatic nitrogens is 2. The zero-order valence-electron chi connectivity index (χ0n) is 30.7. The van der Waals surface area contributed by atoms with Crippen LogP contribution in [0.2, 0.25) is 0 Å². The van der Waals surface area contributed by atoms with Crippen molar-refractivity contribution < 1.29 is 23.7 Å². The van der Waals surface area contributed by atoms with E-state index in [4.69, 9.17) is 23.9 Å². The fraction of sp³-hybridized carbons (Fsp3) is 0.500. The molecule has 4 aromatic rings. The number of para-hydroxylation sites is 2. The summed E-state index contributed by atoms with van der Waals surface area (Å²) in [5.74, 6) is 2.46. The fourth-order valence-electron chi connectivity index (χ4n) is 7.68. The molecule has 2 fully saturated rings. The van der Waals surface area contributed by atoms with Crippen molar-refractivity contribution in [2.24, 2.45) is 0 Å². The number of hydrogen-bond donors (Lipinski definition) is 0. The lowest BCUT2D eigenvalue weighted by molar-refractivity contribution is 0.0780. The van der Waals surface area contributed by atoms with Gasteiger partial charge < -0.3 is 38.2 Å². The number of imidazole rings is 1. The first-order chi connectivity index (χ1) is 24.3. The first kappa shape index (κ1) is 35.5. The third-order valence-electron chi connectivity index (χ3n) is 10.7. The van der Waals surface area contributed by atoms with Gasteiger partial charge in [0.1, 0.15) is 0 Å². The summed E-state index contributed by atoms with van der Waals surface area (Å²) in [7, 11) is 4.72. The summed E-state index contributed by atoms with van der Waals surface area (Å²) in [6.07, 6.45) is 2.95. The minimum atomic E-state index is -0.145. The minimum Gasteiger partial charge on any atom is -0.493 e. The van der Waals surface area contributed by atoms with Crippen molar-refractivity contribution in [2.45, 2.75) is 52.0 Å². The molecular weight excluding hydrogens is 630 g/mol. The Hall–Kier alpha value is -4.28. The van der Waals surface area contributed by atoms with E-state index in [9.17, 15) is 4.79 Å². The molecule has 2 aliphatic rings. The number of methoxy groups -OCH3 is 3. The van der Waals surface area contributed by atoms with E-state index in [1.54, 1.807) is 33.5 Å². The second-order valence-corrected chi connectivity index (χ2v) is 13.7. The number of likely N-dealkylation sites (tertiary alicyclic amines) is 1. The lowest BCUT2D eigenvalue weighted by Gasteiger charge is -2.33. The van der Waals surface area contributed by atoms with Crippen LogP contribution >= 0.6 is 0 Å². The number of ether oxygens (including phenoxy) is 4. The van der Waals surface area contributed by atoms with Crippen LogP contribution in [0.15, 0.2) is 54.6 Å². The van der Waals surface area contributed by atoms with E-state index >= 15 is 0 Å². The van der Waals surface area contributed by atoms with Crippen LogP contribution in [-0.2, 0) is 16.7 Å². The second kappa shape index (κ2) is 15.7. The molecule has 1 amide bonds. The average Bonchev–Trinajstić information content (AvgIpc) is 3.66. The number of aryl methyl sites for hydroxylation is 2. The Bertz CT molecular complexity index is 1760. The van der Waals surface area contributed by atoms with E-state index in [1.807, 2.05) is 11.8 Å². The van der Waals surface area contributed by atoms with Crippen LogP contribution < -0.4 is 19.1 Å². The molecule has 1 unspecified atom stereocenters. The number of fused-ring (bicyclic) bond motifs is 1. The van der Waals surface area contributed by atoms with E-state index in [1.165, 1.54) is 16.7 Å². The number of hydrogen-bond acceptors (Lipinski definition) is 8. The van der Waals surface area contributed by atoms with Gasteiger partial charge >= 0.3 is 0 Å². The number of nitrogens with zero attached hydrogens (tertiary/aromatic N) is 5. The van der Waals surface area contributed by atoms with Crippen LogP contribution in [0.5, 0.6) is 17.2 Å². The van der Waals surface area contributed by atoms with Gasteiger partial charge in [0.2, 0.25) is 11.7 Å². The van der Waals surface area contributed by atoms with Gasteiger partial charge in [0.05, 0.1) is 39.0 Å². The van der Waals surface area contributed by atoms with Crippen LogP contribution in [-0.4, -0.2) is 106 Å². The Morgan fingerprint density at radius 3 is 2.36 bits per heavy atom. The standard InChI is InChI=1S/C40H53N5O5/c1-7-50-24-23-45-34-12-9-8-11-33(34)41-39(45)43-18-10-17-42(21-22-43)19-15-40(32-14-13-29(2)30(3)25-32)16-20-44(28-40)38(46)31-26-35(47-4)37(49-6)36(27-31)48-5/h8-9,11-14,25-27H,7,10,15-24,28H2,1-6H3. The Morgan fingerprint density at radius 1 is 0.860 bits per heavy atom. The summed E-state index contributed by atoms with van der Waals surface area (Å²) in [4.78, 5) is 26.2.